The maximum Gasteiger partial charge on any atom is 0.234 e. The Hall–Kier alpha value is -2.81. The maximum atomic E-state index is 12.4. The Morgan fingerprint density at radius 3 is 2.44 bits per heavy atom. The van der Waals surface area contributed by atoms with Gasteiger partial charge in [0, 0.05) is 28.0 Å². The van der Waals surface area contributed by atoms with Crippen LogP contribution in [-0.2, 0) is 22.6 Å². The standard InChI is InChI=1S/C22H21Cl2N5O2S/c1-3-10-29-19(12-20(30)25-16-8-5-15(23)6-9-16)27-28-22(29)32-13-21(31)26-17-7-4-14(2)18(24)11-17/h3-9,11H,1,10,12-13H2,2H3,(H,25,30)(H,26,31). The quantitative estimate of drug-likeness (QED) is 0.326. The van der Waals surface area contributed by atoms with E-state index < -0.39 is 0 Å². The van der Waals surface area contributed by atoms with Gasteiger partial charge in [-0.05, 0) is 48.9 Å². The van der Waals surface area contributed by atoms with E-state index in [9.17, 15) is 9.59 Å². The second-order valence-corrected chi connectivity index (χ2v) is 8.62. The van der Waals surface area contributed by atoms with Gasteiger partial charge in [-0.2, -0.15) is 0 Å². The fraction of sp³-hybridized carbons (Fsp3) is 0.182. The molecule has 1 heterocycles. The van der Waals surface area contributed by atoms with Gasteiger partial charge in [-0.25, -0.2) is 0 Å². The third kappa shape index (κ3) is 6.59. The van der Waals surface area contributed by atoms with Gasteiger partial charge in [-0.1, -0.05) is 47.1 Å². The molecule has 0 atom stereocenters. The lowest BCUT2D eigenvalue weighted by atomic mass is 10.2. The van der Waals surface area contributed by atoms with E-state index in [2.05, 4.69) is 27.4 Å². The summed E-state index contributed by atoms with van der Waals surface area (Å²) in [7, 11) is 0. The van der Waals surface area contributed by atoms with E-state index in [-0.39, 0.29) is 24.0 Å². The van der Waals surface area contributed by atoms with Crippen LogP contribution in [0.1, 0.15) is 11.4 Å². The van der Waals surface area contributed by atoms with E-state index >= 15 is 0 Å². The Kier molecular flexibility index (Phi) is 8.33. The summed E-state index contributed by atoms with van der Waals surface area (Å²) in [5.41, 5.74) is 2.19. The zero-order valence-electron chi connectivity index (χ0n) is 17.3. The van der Waals surface area contributed by atoms with E-state index in [0.29, 0.717) is 38.9 Å². The summed E-state index contributed by atoms with van der Waals surface area (Å²) in [4.78, 5) is 24.8. The number of hydrogen-bond acceptors (Lipinski definition) is 5. The highest BCUT2D eigenvalue weighted by molar-refractivity contribution is 7.99. The first kappa shape index (κ1) is 23.8. The minimum absolute atomic E-state index is 0.0259. The van der Waals surface area contributed by atoms with Gasteiger partial charge in [-0.3, -0.25) is 9.59 Å². The molecule has 1 aromatic heterocycles. The lowest BCUT2D eigenvalue weighted by Crippen LogP contribution is -2.18. The number of hydrogen-bond donors (Lipinski definition) is 2. The second kappa shape index (κ2) is 11.2. The third-order valence-corrected chi connectivity index (χ3v) is 5.97. The number of carbonyl (C=O) groups excluding carboxylic acids is 2. The van der Waals surface area contributed by atoms with E-state index in [1.54, 1.807) is 47.0 Å². The molecule has 0 aliphatic heterocycles. The molecule has 0 saturated heterocycles. The smallest absolute Gasteiger partial charge is 0.234 e. The summed E-state index contributed by atoms with van der Waals surface area (Å²) in [5.74, 6) is 0.155. The molecular weight excluding hydrogens is 469 g/mol. The summed E-state index contributed by atoms with van der Waals surface area (Å²) >= 11 is 13.2. The van der Waals surface area contributed by atoms with Crippen molar-refractivity contribution in [2.45, 2.75) is 25.0 Å². The molecule has 3 aromatic rings. The van der Waals surface area contributed by atoms with Crippen molar-refractivity contribution >= 4 is 58.2 Å². The fourth-order valence-electron chi connectivity index (χ4n) is 2.75. The van der Waals surface area contributed by atoms with Crippen LogP contribution in [0.4, 0.5) is 11.4 Å². The number of nitrogens with one attached hydrogen (secondary N) is 2. The maximum absolute atomic E-state index is 12.4. The number of allylic oxidation sites excluding steroid dienone is 1. The van der Waals surface area contributed by atoms with Crippen molar-refractivity contribution in [3.05, 3.63) is 76.6 Å². The molecular formula is C22H21Cl2N5O2S. The fourth-order valence-corrected chi connectivity index (χ4v) is 3.82. The van der Waals surface area contributed by atoms with Crippen molar-refractivity contribution in [2.75, 3.05) is 16.4 Å². The van der Waals surface area contributed by atoms with Crippen LogP contribution < -0.4 is 10.6 Å². The topological polar surface area (TPSA) is 88.9 Å². The van der Waals surface area contributed by atoms with Crippen molar-refractivity contribution < 1.29 is 9.59 Å². The second-order valence-electron chi connectivity index (χ2n) is 6.83. The Morgan fingerprint density at radius 1 is 1.06 bits per heavy atom. The van der Waals surface area contributed by atoms with Gasteiger partial charge in [0.15, 0.2) is 5.16 Å². The van der Waals surface area contributed by atoms with Crippen LogP contribution in [-0.4, -0.2) is 32.3 Å². The molecule has 7 nitrogen and oxygen atoms in total. The average molecular weight is 490 g/mol. The number of carbonyl (C=O) groups is 2. The van der Waals surface area contributed by atoms with Gasteiger partial charge >= 0.3 is 0 Å². The largest absolute Gasteiger partial charge is 0.326 e. The monoisotopic (exact) mass is 489 g/mol. The number of aryl methyl sites for hydroxylation is 1. The molecule has 0 saturated carbocycles. The summed E-state index contributed by atoms with van der Waals surface area (Å²) in [6.07, 6.45) is 1.71. The van der Waals surface area contributed by atoms with Crippen molar-refractivity contribution in [3.63, 3.8) is 0 Å². The average Bonchev–Trinajstić information content (AvgIpc) is 3.12. The number of nitrogens with zero attached hydrogens (tertiary/aromatic N) is 3. The molecule has 2 aromatic carbocycles. The highest BCUT2D eigenvalue weighted by Crippen LogP contribution is 2.22. The summed E-state index contributed by atoms with van der Waals surface area (Å²) in [6, 6.07) is 12.2. The lowest BCUT2D eigenvalue weighted by molar-refractivity contribution is -0.116. The van der Waals surface area contributed by atoms with Crippen molar-refractivity contribution in [2.24, 2.45) is 0 Å². The van der Waals surface area contributed by atoms with Crippen molar-refractivity contribution in [3.8, 4) is 0 Å². The molecule has 2 N–H and O–H groups in total. The summed E-state index contributed by atoms with van der Waals surface area (Å²) < 4.78 is 1.76. The number of rotatable bonds is 9. The summed E-state index contributed by atoms with van der Waals surface area (Å²) in [6.45, 7) is 6.05. The van der Waals surface area contributed by atoms with Gasteiger partial charge in [-0.15, -0.1) is 16.8 Å². The van der Waals surface area contributed by atoms with Crippen LogP contribution in [0.2, 0.25) is 10.0 Å². The zero-order chi connectivity index (χ0) is 23.1. The molecule has 2 amide bonds. The number of aromatic nitrogens is 3. The van der Waals surface area contributed by atoms with Crippen molar-refractivity contribution in [1.29, 1.82) is 0 Å². The van der Waals surface area contributed by atoms with Gasteiger partial charge in [0.2, 0.25) is 11.8 Å². The normalized spacial score (nSPS) is 10.6. The lowest BCUT2D eigenvalue weighted by Gasteiger charge is -2.09. The minimum Gasteiger partial charge on any atom is -0.326 e. The molecule has 0 spiro atoms. The van der Waals surface area contributed by atoms with E-state index in [1.807, 2.05) is 13.0 Å². The predicted molar refractivity (Wildman–Crippen MR) is 130 cm³/mol. The van der Waals surface area contributed by atoms with Crippen LogP contribution in [0, 0.1) is 6.92 Å². The van der Waals surface area contributed by atoms with Crippen LogP contribution >= 0.6 is 35.0 Å². The van der Waals surface area contributed by atoms with Gasteiger partial charge < -0.3 is 15.2 Å². The number of amides is 2. The molecule has 32 heavy (non-hydrogen) atoms. The Morgan fingerprint density at radius 2 is 1.75 bits per heavy atom. The van der Waals surface area contributed by atoms with Crippen LogP contribution in [0.15, 0.2) is 60.3 Å². The summed E-state index contributed by atoms with van der Waals surface area (Å²) in [5, 5.41) is 15.6. The Bertz CT molecular complexity index is 1130. The minimum atomic E-state index is -0.240. The molecule has 3 rings (SSSR count). The number of anilines is 2. The number of benzene rings is 2. The molecule has 0 radical (unpaired) electrons. The molecule has 0 unspecified atom stereocenters. The first-order valence-electron chi connectivity index (χ1n) is 9.63. The third-order valence-electron chi connectivity index (χ3n) is 4.34. The number of halogens is 2. The molecule has 10 heteroatoms. The zero-order valence-corrected chi connectivity index (χ0v) is 19.6. The predicted octanol–water partition coefficient (Wildman–Crippen LogP) is 4.99. The van der Waals surface area contributed by atoms with Crippen LogP contribution in [0.3, 0.4) is 0 Å². The Labute approximate surface area is 200 Å². The highest BCUT2D eigenvalue weighted by atomic mass is 35.5. The van der Waals surface area contributed by atoms with Crippen LogP contribution in [0.25, 0.3) is 0 Å². The van der Waals surface area contributed by atoms with Crippen LogP contribution in [0.5, 0.6) is 0 Å². The van der Waals surface area contributed by atoms with Gasteiger partial charge in [0.05, 0.1) is 12.2 Å². The van der Waals surface area contributed by atoms with Gasteiger partial charge in [0.25, 0.3) is 0 Å². The molecule has 0 bridgehead atoms. The first-order valence-corrected chi connectivity index (χ1v) is 11.4. The van der Waals surface area contributed by atoms with Gasteiger partial charge in [0.1, 0.15) is 5.82 Å². The Balaban J connectivity index is 1.61. The number of thioether (sulfide) groups is 1. The molecule has 0 fully saturated rings. The first-order chi connectivity index (χ1) is 15.4. The highest BCUT2D eigenvalue weighted by Gasteiger charge is 2.16. The van der Waals surface area contributed by atoms with Crippen molar-refractivity contribution in [1.82, 2.24) is 14.8 Å². The van der Waals surface area contributed by atoms with E-state index in [1.165, 1.54) is 11.8 Å². The molecule has 0 aliphatic carbocycles. The van der Waals surface area contributed by atoms with E-state index in [0.717, 1.165) is 5.56 Å². The SMILES string of the molecule is C=CCn1c(CC(=O)Nc2ccc(Cl)cc2)nnc1SCC(=O)Nc1ccc(C)c(Cl)c1. The molecule has 166 valence electrons. The molecule has 0 aliphatic rings. The van der Waals surface area contributed by atoms with E-state index in [4.69, 9.17) is 23.2 Å².